The molecule has 5 nitrogen and oxygen atoms in total. The van der Waals surface area contributed by atoms with Gasteiger partial charge in [-0.05, 0) is 31.7 Å². The topological polar surface area (TPSA) is 66.6 Å². The smallest absolute Gasteiger partial charge is 0.238 e. The van der Waals surface area contributed by atoms with Crippen LogP contribution in [0.4, 0.5) is 0 Å². The molecule has 0 aromatic heterocycles. The molecule has 2 saturated heterocycles. The molecule has 0 bridgehead atoms. The molecular formula is C19H28ClN3O2. The van der Waals surface area contributed by atoms with Crippen molar-refractivity contribution in [2.45, 2.75) is 31.6 Å². The molecule has 2 heterocycles. The van der Waals surface area contributed by atoms with E-state index in [1.54, 1.807) is 18.9 Å². The van der Waals surface area contributed by atoms with Crippen molar-refractivity contribution in [2.75, 3.05) is 33.2 Å². The summed E-state index contributed by atoms with van der Waals surface area (Å²) in [4.78, 5) is 28.9. The Balaban J connectivity index is 0.00000225. The molecule has 0 spiro atoms. The molecular weight excluding hydrogens is 338 g/mol. The van der Waals surface area contributed by atoms with Crippen molar-refractivity contribution in [1.82, 2.24) is 9.80 Å². The number of carbonyl (C=O) groups is 2. The van der Waals surface area contributed by atoms with E-state index in [4.69, 9.17) is 5.73 Å². The van der Waals surface area contributed by atoms with Crippen LogP contribution in [0.2, 0.25) is 0 Å². The second kappa shape index (κ2) is 7.34. The maximum Gasteiger partial charge on any atom is 0.238 e. The van der Waals surface area contributed by atoms with Gasteiger partial charge in [0.1, 0.15) is 5.41 Å². The molecule has 3 rings (SSSR count). The van der Waals surface area contributed by atoms with Crippen molar-refractivity contribution in [3.8, 4) is 0 Å². The van der Waals surface area contributed by atoms with E-state index in [0.717, 1.165) is 12.8 Å². The standard InChI is InChI=1S/C19H27N3O2.ClH/c1-18(8-11-21(2)16(18)23)17(24)22-12-9-19(14-20,10-13-22)15-6-4-3-5-7-15;/h3-7H,8-14,20H2,1-2H3;1H. The number of halogens is 1. The van der Waals surface area contributed by atoms with Crippen molar-refractivity contribution >= 4 is 24.2 Å². The van der Waals surface area contributed by atoms with Crippen LogP contribution in [0.15, 0.2) is 30.3 Å². The Kier molecular flexibility index (Phi) is 5.79. The van der Waals surface area contributed by atoms with Crippen LogP contribution < -0.4 is 5.73 Å². The summed E-state index contributed by atoms with van der Waals surface area (Å²) in [6, 6.07) is 10.3. The molecule has 6 heteroatoms. The molecule has 2 amide bonds. The number of rotatable bonds is 3. The van der Waals surface area contributed by atoms with E-state index in [1.165, 1.54) is 5.56 Å². The van der Waals surface area contributed by atoms with E-state index in [1.807, 2.05) is 23.1 Å². The molecule has 1 aromatic rings. The van der Waals surface area contributed by atoms with Gasteiger partial charge in [-0.1, -0.05) is 30.3 Å². The van der Waals surface area contributed by atoms with Crippen LogP contribution >= 0.6 is 12.4 Å². The van der Waals surface area contributed by atoms with Crippen molar-refractivity contribution in [3.05, 3.63) is 35.9 Å². The van der Waals surface area contributed by atoms with Gasteiger partial charge in [-0.15, -0.1) is 12.4 Å². The summed E-state index contributed by atoms with van der Waals surface area (Å²) >= 11 is 0. The summed E-state index contributed by atoms with van der Waals surface area (Å²) < 4.78 is 0. The van der Waals surface area contributed by atoms with Crippen LogP contribution in [0.5, 0.6) is 0 Å². The Hall–Kier alpha value is -1.59. The lowest BCUT2D eigenvalue weighted by atomic mass is 9.72. The average Bonchev–Trinajstić information content (AvgIpc) is 2.90. The minimum Gasteiger partial charge on any atom is -0.345 e. The number of hydrogen-bond donors (Lipinski definition) is 1. The summed E-state index contributed by atoms with van der Waals surface area (Å²) in [5, 5.41) is 0. The van der Waals surface area contributed by atoms with E-state index in [-0.39, 0.29) is 29.6 Å². The molecule has 2 fully saturated rings. The predicted molar refractivity (Wildman–Crippen MR) is 101 cm³/mol. The predicted octanol–water partition coefficient (Wildman–Crippen LogP) is 1.80. The Morgan fingerprint density at radius 2 is 1.72 bits per heavy atom. The molecule has 1 aromatic carbocycles. The minimum atomic E-state index is -0.885. The van der Waals surface area contributed by atoms with E-state index in [2.05, 4.69) is 12.1 Å². The molecule has 138 valence electrons. The number of carbonyl (C=O) groups excluding carboxylic acids is 2. The van der Waals surface area contributed by atoms with E-state index < -0.39 is 5.41 Å². The number of nitrogens with two attached hydrogens (primary N) is 1. The number of piperidine rings is 1. The lowest BCUT2D eigenvalue weighted by molar-refractivity contribution is -0.151. The van der Waals surface area contributed by atoms with Crippen LogP contribution in [0.25, 0.3) is 0 Å². The number of benzene rings is 1. The summed E-state index contributed by atoms with van der Waals surface area (Å²) in [7, 11) is 1.77. The highest BCUT2D eigenvalue weighted by molar-refractivity contribution is 6.05. The number of hydrogen-bond acceptors (Lipinski definition) is 3. The molecule has 2 aliphatic rings. The minimum absolute atomic E-state index is 0. The second-order valence-electron chi connectivity index (χ2n) is 7.45. The number of likely N-dealkylation sites (tertiary alicyclic amines) is 2. The molecule has 2 N–H and O–H groups in total. The quantitative estimate of drug-likeness (QED) is 0.830. The SMILES string of the molecule is CN1CCC(C)(C(=O)N2CCC(CN)(c3ccccc3)CC2)C1=O.Cl. The Morgan fingerprint density at radius 1 is 1.12 bits per heavy atom. The van der Waals surface area contributed by atoms with E-state index in [0.29, 0.717) is 32.6 Å². The summed E-state index contributed by atoms with van der Waals surface area (Å²) in [5.74, 6) is -0.0678. The molecule has 0 radical (unpaired) electrons. The van der Waals surface area contributed by atoms with Gasteiger partial charge in [0, 0.05) is 38.6 Å². The van der Waals surface area contributed by atoms with Gasteiger partial charge >= 0.3 is 0 Å². The largest absolute Gasteiger partial charge is 0.345 e. The normalized spacial score (nSPS) is 25.6. The Labute approximate surface area is 155 Å². The molecule has 0 aliphatic carbocycles. The van der Waals surface area contributed by atoms with Gasteiger partial charge in [-0.2, -0.15) is 0 Å². The van der Waals surface area contributed by atoms with Crippen molar-refractivity contribution in [1.29, 1.82) is 0 Å². The zero-order chi connectivity index (χ0) is 17.4. The summed E-state index contributed by atoms with van der Waals surface area (Å²) in [5.41, 5.74) is 6.42. The average molecular weight is 366 g/mol. The van der Waals surface area contributed by atoms with Crippen molar-refractivity contribution < 1.29 is 9.59 Å². The third-order valence-electron chi connectivity index (χ3n) is 6.02. The fraction of sp³-hybridized carbons (Fsp3) is 0.579. The lowest BCUT2D eigenvalue weighted by Crippen LogP contribution is -2.53. The molecule has 1 atom stereocenters. The first kappa shape index (κ1) is 19.7. The Morgan fingerprint density at radius 3 is 2.20 bits per heavy atom. The van der Waals surface area contributed by atoms with Crippen LogP contribution in [-0.2, 0) is 15.0 Å². The van der Waals surface area contributed by atoms with Gasteiger partial charge in [0.15, 0.2) is 0 Å². The second-order valence-corrected chi connectivity index (χ2v) is 7.45. The van der Waals surface area contributed by atoms with Gasteiger partial charge in [-0.25, -0.2) is 0 Å². The van der Waals surface area contributed by atoms with Gasteiger partial charge in [-0.3, -0.25) is 9.59 Å². The fourth-order valence-electron chi connectivity index (χ4n) is 4.11. The van der Waals surface area contributed by atoms with E-state index >= 15 is 0 Å². The zero-order valence-electron chi connectivity index (χ0n) is 15.0. The van der Waals surface area contributed by atoms with Gasteiger partial charge < -0.3 is 15.5 Å². The van der Waals surface area contributed by atoms with Gasteiger partial charge in [0.25, 0.3) is 0 Å². The van der Waals surface area contributed by atoms with Crippen molar-refractivity contribution in [3.63, 3.8) is 0 Å². The molecule has 0 saturated carbocycles. The highest BCUT2D eigenvalue weighted by Crippen LogP contribution is 2.38. The van der Waals surface area contributed by atoms with E-state index in [9.17, 15) is 9.59 Å². The molecule has 2 aliphatic heterocycles. The first-order chi connectivity index (χ1) is 11.4. The third-order valence-corrected chi connectivity index (χ3v) is 6.02. The molecule has 25 heavy (non-hydrogen) atoms. The maximum absolute atomic E-state index is 13.0. The monoisotopic (exact) mass is 365 g/mol. The summed E-state index contributed by atoms with van der Waals surface area (Å²) in [6.45, 7) is 4.36. The first-order valence-electron chi connectivity index (χ1n) is 8.73. The lowest BCUT2D eigenvalue weighted by Gasteiger charge is -2.43. The first-order valence-corrected chi connectivity index (χ1v) is 8.73. The number of nitrogens with zero attached hydrogens (tertiary/aromatic N) is 2. The van der Waals surface area contributed by atoms with Crippen LogP contribution in [-0.4, -0.2) is 54.8 Å². The van der Waals surface area contributed by atoms with Crippen LogP contribution in [0, 0.1) is 5.41 Å². The maximum atomic E-state index is 13.0. The van der Waals surface area contributed by atoms with Gasteiger partial charge in [0.2, 0.25) is 11.8 Å². The Bertz CT molecular complexity index is 629. The molecule has 1 unspecified atom stereocenters. The zero-order valence-corrected chi connectivity index (χ0v) is 15.8. The van der Waals surface area contributed by atoms with Crippen LogP contribution in [0.1, 0.15) is 31.7 Å². The fourth-order valence-corrected chi connectivity index (χ4v) is 4.11. The highest BCUT2D eigenvalue weighted by atomic mass is 35.5. The number of amides is 2. The van der Waals surface area contributed by atoms with Gasteiger partial charge in [0.05, 0.1) is 0 Å². The summed E-state index contributed by atoms with van der Waals surface area (Å²) in [6.07, 6.45) is 2.30. The van der Waals surface area contributed by atoms with Crippen molar-refractivity contribution in [2.24, 2.45) is 11.1 Å². The van der Waals surface area contributed by atoms with Crippen LogP contribution in [0.3, 0.4) is 0 Å². The third kappa shape index (κ3) is 3.27. The highest BCUT2D eigenvalue weighted by Gasteiger charge is 2.50.